The van der Waals surface area contributed by atoms with E-state index >= 15 is 0 Å². The van der Waals surface area contributed by atoms with Gasteiger partial charge in [-0.3, -0.25) is 14.4 Å². The van der Waals surface area contributed by atoms with Gasteiger partial charge in [0.25, 0.3) is 0 Å². The fourth-order valence-corrected chi connectivity index (χ4v) is 5.68. The Morgan fingerprint density at radius 3 is 2.18 bits per heavy atom. The van der Waals surface area contributed by atoms with Crippen molar-refractivity contribution >= 4 is 60.6 Å². The smallest absolute Gasteiger partial charge is 0.387 e. The molecule has 0 spiro atoms. The van der Waals surface area contributed by atoms with Crippen molar-refractivity contribution in [2.24, 2.45) is 5.92 Å². The molecule has 11 nitrogen and oxygen atoms in total. The lowest BCUT2D eigenvalue weighted by molar-refractivity contribution is -0.0515. The number of aromatic nitrogens is 1. The van der Waals surface area contributed by atoms with Gasteiger partial charge in [0, 0.05) is 18.8 Å². The second-order valence-electron chi connectivity index (χ2n) is 10.0. The molecule has 1 atom stereocenters. The molecule has 0 saturated heterocycles. The molecule has 1 heterocycles. The molecule has 2 aromatic carbocycles. The molecule has 0 amide bonds. The predicted molar refractivity (Wildman–Crippen MR) is 161 cm³/mol. The number of carbonyl (C=O) groups excluding carboxylic acids is 1. The molecule has 238 valence electrons. The van der Waals surface area contributed by atoms with Gasteiger partial charge in [-0.25, -0.2) is 21.6 Å². The zero-order valence-corrected chi connectivity index (χ0v) is 26.4. The van der Waals surface area contributed by atoms with E-state index in [1.807, 2.05) is 0 Å². The van der Waals surface area contributed by atoms with Crippen molar-refractivity contribution in [2.45, 2.75) is 32.0 Å². The van der Waals surface area contributed by atoms with Crippen LogP contribution in [0.15, 0.2) is 48.8 Å². The molecular weight excluding hydrogens is 667 g/mol. The van der Waals surface area contributed by atoms with Gasteiger partial charge in [0.15, 0.2) is 11.5 Å². The van der Waals surface area contributed by atoms with E-state index in [0.717, 1.165) is 31.4 Å². The fourth-order valence-electron chi connectivity index (χ4n) is 4.01. The van der Waals surface area contributed by atoms with E-state index < -0.39 is 38.7 Å². The molecule has 2 N–H and O–H groups in total. The van der Waals surface area contributed by atoms with Crippen molar-refractivity contribution in [3.63, 3.8) is 0 Å². The van der Waals surface area contributed by atoms with Crippen LogP contribution < -0.4 is 18.9 Å². The molecule has 1 fully saturated rings. The molecule has 0 radical (unpaired) electrons. The lowest BCUT2D eigenvalue weighted by Crippen LogP contribution is -2.18. The summed E-state index contributed by atoms with van der Waals surface area (Å²) in [5.41, 5.74) is 0.193. The molecule has 1 aliphatic carbocycles. The van der Waals surface area contributed by atoms with Crippen molar-refractivity contribution < 1.29 is 44.6 Å². The van der Waals surface area contributed by atoms with Crippen molar-refractivity contribution in [3.8, 4) is 11.5 Å². The molecule has 44 heavy (non-hydrogen) atoms. The van der Waals surface area contributed by atoms with Gasteiger partial charge in [-0.2, -0.15) is 8.78 Å². The Balaban J connectivity index is 1.72. The lowest BCUT2D eigenvalue weighted by Gasteiger charge is -2.22. The number of pyridine rings is 1. The quantitative estimate of drug-likeness (QED) is 0.204. The molecule has 1 aromatic heterocycles. The average Bonchev–Trinajstić information content (AvgIpc) is 3.73. The number of sulfonamides is 2. The first kappa shape index (κ1) is 33.5. The Bertz CT molecular complexity index is 1740. The van der Waals surface area contributed by atoms with Crippen molar-refractivity contribution in [3.05, 3.63) is 75.5 Å². The second kappa shape index (κ2) is 13.7. The third kappa shape index (κ3) is 9.81. The number of anilines is 2. The summed E-state index contributed by atoms with van der Waals surface area (Å²) >= 11 is 12.7. The highest BCUT2D eigenvalue weighted by atomic mass is 35.5. The summed E-state index contributed by atoms with van der Waals surface area (Å²) in [6, 6.07) is 7.62. The van der Waals surface area contributed by atoms with Crippen LogP contribution >= 0.6 is 23.2 Å². The summed E-state index contributed by atoms with van der Waals surface area (Å²) in [7, 11) is -7.70. The number of halogens is 4. The van der Waals surface area contributed by atoms with Crippen LogP contribution in [0.25, 0.3) is 0 Å². The number of rotatable bonds is 14. The summed E-state index contributed by atoms with van der Waals surface area (Å²) in [4.78, 5) is 17.4. The summed E-state index contributed by atoms with van der Waals surface area (Å²) in [6.45, 7) is -2.83. The zero-order valence-electron chi connectivity index (χ0n) is 23.2. The maximum atomic E-state index is 13.5. The number of hydrogen-bond donors (Lipinski definition) is 2. The van der Waals surface area contributed by atoms with Gasteiger partial charge in [-0.15, -0.1) is 0 Å². The Morgan fingerprint density at radius 2 is 1.59 bits per heavy atom. The maximum Gasteiger partial charge on any atom is 0.387 e. The number of esters is 1. The number of nitrogens with one attached hydrogen (secondary N) is 2. The summed E-state index contributed by atoms with van der Waals surface area (Å²) in [5.74, 6) is -0.846. The highest BCUT2D eigenvalue weighted by Gasteiger charge is 2.26. The van der Waals surface area contributed by atoms with E-state index in [1.54, 1.807) is 0 Å². The van der Waals surface area contributed by atoms with Gasteiger partial charge in [0.2, 0.25) is 20.0 Å². The molecule has 1 saturated carbocycles. The van der Waals surface area contributed by atoms with E-state index in [1.165, 1.54) is 42.7 Å². The number of ether oxygens (including phenoxy) is 3. The minimum Gasteiger partial charge on any atom is -0.489 e. The van der Waals surface area contributed by atoms with E-state index in [2.05, 4.69) is 19.2 Å². The number of benzene rings is 2. The molecule has 1 unspecified atom stereocenters. The summed E-state index contributed by atoms with van der Waals surface area (Å²) < 4.78 is 94.3. The van der Waals surface area contributed by atoms with Gasteiger partial charge in [0.05, 0.1) is 46.1 Å². The van der Waals surface area contributed by atoms with Gasteiger partial charge in [-0.05, 0) is 60.2 Å². The van der Waals surface area contributed by atoms with Crippen LogP contribution in [-0.4, -0.2) is 53.5 Å². The van der Waals surface area contributed by atoms with Crippen LogP contribution in [0, 0.1) is 5.92 Å². The predicted octanol–water partition coefficient (Wildman–Crippen LogP) is 5.66. The first-order chi connectivity index (χ1) is 20.6. The molecular formula is C27H27Cl2F2N3O8S2. The molecule has 0 aliphatic heterocycles. The van der Waals surface area contributed by atoms with Crippen LogP contribution in [0.3, 0.4) is 0 Å². The Morgan fingerprint density at radius 1 is 0.955 bits per heavy atom. The number of alkyl halides is 2. The maximum absolute atomic E-state index is 13.5. The molecule has 3 aromatic rings. The minimum absolute atomic E-state index is 0.0125. The Kier molecular flexibility index (Phi) is 10.4. The highest BCUT2D eigenvalue weighted by molar-refractivity contribution is 7.92. The summed E-state index contributed by atoms with van der Waals surface area (Å²) in [6.07, 6.45) is 5.11. The lowest BCUT2D eigenvalue weighted by atomic mass is 10.0. The molecule has 0 bridgehead atoms. The van der Waals surface area contributed by atoms with Crippen molar-refractivity contribution in [1.29, 1.82) is 0 Å². The SMILES string of the molecule is CS(=O)(=O)Nc1ccc(C(=O)OC(Cc2c(Cl)cncc2Cl)c2ccc(OC(F)F)c(OCC3CC3)c2)cc1NS(C)(=O)=O. The number of carbonyl (C=O) groups is 1. The van der Waals surface area contributed by atoms with E-state index in [-0.39, 0.29) is 57.4 Å². The first-order valence-electron chi connectivity index (χ1n) is 12.9. The van der Waals surface area contributed by atoms with E-state index in [0.29, 0.717) is 11.1 Å². The highest BCUT2D eigenvalue weighted by Crippen LogP contribution is 2.38. The van der Waals surface area contributed by atoms with Crippen LogP contribution in [0.4, 0.5) is 20.2 Å². The largest absolute Gasteiger partial charge is 0.489 e. The second-order valence-corrected chi connectivity index (χ2v) is 14.3. The van der Waals surface area contributed by atoms with Crippen molar-refractivity contribution in [1.82, 2.24) is 4.98 Å². The van der Waals surface area contributed by atoms with Crippen LogP contribution in [0.2, 0.25) is 10.0 Å². The van der Waals surface area contributed by atoms with Gasteiger partial charge in [0.1, 0.15) is 6.10 Å². The number of nitrogens with zero attached hydrogens (tertiary/aromatic N) is 1. The zero-order chi connectivity index (χ0) is 32.2. The number of hydrogen-bond acceptors (Lipinski definition) is 9. The third-order valence-corrected chi connectivity index (χ3v) is 8.00. The van der Waals surface area contributed by atoms with E-state index in [9.17, 15) is 30.4 Å². The van der Waals surface area contributed by atoms with Gasteiger partial charge in [-0.1, -0.05) is 29.3 Å². The van der Waals surface area contributed by atoms with Crippen LogP contribution in [-0.2, 0) is 31.2 Å². The topological polar surface area (TPSA) is 150 Å². The average molecular weight is 695 g/mol. The normalized spacial score (nSPS) is 14.2. The minimum atomic E-state index is -3.89. The summed E-state index contributed by atoms with van der Waals surface area (Å²) in [5, 5.41) is 0.356. The molecule has 1 aliphatic rings. The van der Waals surface area contributed by atoms with E-state index in [4.69, 9.17) is 32.7 Å². The van der Waals surface area contributed by atoms with Gasteiger partial charge >= 0.3 is 12.6 Å². The van der Waals surface area contributed by atoms with Crippen LogP contribution in [0.5, 0.6) is 11.5 Å². The third-order valence-electron chi connectivity index (χ3n) is 6.16. The van der Waals surface area contributed by atoms with Crippen LogP contribution in [0.1, 0.15) is 40.4 Å². The molecule has 4 rings (SSSR count). The monoisotopic (exact) mass is 693 g/mol. The molecule has 17 heteroatoms. The standard InChI is InChI=1S/C27H27Cl2F2N3O8S2/c1-43(36,37)33-21-7-5-17(9-22(21)34-44(2,38)39)26(35)41-24(11-18-19(28)12-32-13-20(18)29)16-6-8-23(42-27(30)31)25(10-16)40-14-15-3-4-15/h5-10,12-13,15,24,27,33-34H,3-4,11,14H2,1-2H3. The van der Waals surface area contributed by atoms with Gasteiger partial charge < -0.3 is 14.2 Å². The first-order valence-corrected chi connectivity index (χ1v) is 17.4. The Hall–Kier alpha value is -3.40. The fraction of sp³-hybridized carbons (Fsp3) is 0.333. The Labute approximate surface area is 262 Å². The van der Waals surface area contributed by atoms with Crippen molar-refractivity contribution in [2.75, 3.05) is 28.6 Å².